The van der Waals surface area contributed by atoms with Gasteiger partial charge in [-0.3, -0.25) is 9.59 Å². The van der Waals surface area contributed by atoms with Gasteiger partial charge in [0.15, 0.2) is 0 Å². The number of hydrogen-bond donors (Lipinski definition) is 1. The molecule has 1 saturated heterocycles. The second-order valence-corrected chi connectivity index (χ2v) is 5.58. The van der Waals surface area contributed by atoms with Crippen molar-refractivity contribution >= 4 is 11.9 Å². The van der Waals surface area contributed by atoms with Crippen molar-refractivity contribution in [3.63, 3.8) is 0 Å². The molecule has 1 N–H and O–H groups in total. The van der Waals surface area contributed by atoms with E-state index in [1.54, 1.807) is 11.9 Å². The zero-order valence-corrected chi connectivity index (χ0v) is 10.5. The summed E-state index contributed by atoms with van der Waals surface area (Å²) in [5.74, 6) is -1.85. The molecule has 1 heterocycles. The molecule has 2 rings (SSSR count). The van der Waals surface area contributed by atoms with Gasteiger partial charge in [0.1, 0.15) is 0 Å². The fraction of sp³-hybridized carbons (Fsp3) is 0.833. The Morgan fingerprint density at radius 3 is 2.41 bits per heavy atom. The van der Waals surface area contributed by atoms with Crippen molar-refractivity contribution in [3.8, 4) is 0 Å². The van der Waals surface area contributed by atoms with E-state index in [0.717, 1.165) is 6.42 Å². The van der Waals surface area contributed by atoms with Gasteiger partial charge in [0.2, 0.25) is 5.91 Å². The van der Waals surface area contributed by atoms with E-state index < -0.39 is 17.3 Å². The summed E-state index contributed by atoms with van der Waals surface area (Å²) in [6, 6.07) is 0.105. The van der Waals surface area contributed by atoms with E-state index in [9.17, 15) is 9.59 Å². The molecule has 5 nitrogen and oxygen atoms in total. The fourth-order valence-electron chi connectivity index (χ4n) is 2.79. The van der Waals surface area contributed by atoms with Crippen molar-refractivity contribution in [1.82, 2.24) is 4.90 Å². The maximum absolute atomic E-state index is 12.2. The molecule has 5 heteroatoms. The Labute approximate surface area is 101 Å². The maximum Gasteiger partial charge on any atom is 0.307 e. The van der Waals surface area contributed by atoms with Gasteiger partial charge in [-0.1, -0.05) is 13.8 Å². The molecule has 1 aliphatic heterocycles. The van der Waals surface area contributed by atoms with Gasteiger partial charge < -0.3 is 14.7 Å². The third kappa shape index (κ3) is 1.92. The lowest BCUT2D eigenvalue weighted by molar-refractivity contribution is -0.142. The number of carboxylic acid groups (broad SMARTS) is 1. The highest BCUT2D eigenvalue weighted by molar-refractivity contribution is 5.91. The molecule has 96 valence electrons. The standard InChI is InChI=1S/C12H19NO4/c1-12(2)8(9(12)11(15)16)10(14)13(3)7-4-5-17-6-7/h7-9H,4-6H2,1-3H3,(H,15,16). The smallest absolute Gasteiger partial charge is 0.307 e. The van der Waals surface area contributed by atoms with Crippen molar-refractivity contribution in [2.45, 2.75) is 26.3 Å². The Balaban J connectivity index is 2.03. The quantitative estimate of drug-likeness (QED) is 0.785. The Bertz CT molecular complexity index is 346. The molecule has 0 aromatic rings. The van der Waals surface area contributed by atoms with Crippen LogP contribution in [0.2, 0.25) is 0 Å². The first kappa shape index (κ1) is 12.4. The molecule has 0 spiro atoms. The molecule has 2 aliphatic rings. The molecular weight excluding hydrogens is 222 g/mol. The molecule has 0 aromatic heterocycles. The summed E-state index contributed by atoms with van der Waals surface area (Å²) >= 11 is 0. The Morgan fingerprint density at radius 2 is 2.00 bits per heavy atom. The van der Waals surface area contributed by atoms with Gasteiger partial charge in [-0.15, -0.1) is 0 Å². The molecule has 2 fully saturated rings. The van der Waals surface area contributed by atoms with E-state index >= 15 is 0 Å². The van der Waals surface area contributed by atoms with Gasteiger partial charge in [0, 0.05) is 13.7 Å². The highest BCUT2D eigenvalue weighted by Crippen LogP contribution is 2.59. The van der Waals surface area contributed by atoms with Gasteiger partial charge in [0.05, 0.1) is 24.5 Å². The van der Waals surface area contributed by atoms with Crippen LogP contribution >= 0.6 is 0 Å². The summed E-state index contributed by atoms with van der Waals surface area (Å²) in [6.07, 6.45) is 0.840. The minimum Gasteiger partial charge on any atom is -0.481 e. The second kappa shape index (κ2) is 3.98. The summed E-state index contributed by atoms with van der Waals surface area (Å²) in [5, 5.41) is 9.06. The van der Waals surface area contributed by atoms with Crippen molar-refractivity contribution < 1.29 is 19.4 Å². The van der Waals surface area contributed by atoms with Crippen LogP contribution in [0.1, 0.15) is 20.3 Å². The first-order valence-corrected chi connectivity index (χ1v) is 5.94. The number of ether oxygens (including phenoxy) is 1. The Hall–Kier alpha value is -1.10. The predicted molar refractivity (Wildman–Crippen MR) is 60.4 cm³/mol. The molecule has 3 atom stereocenters. The summed E-state index contributed by atoms with van der Waals surface area (Å²) in [6.45, 7) is 4.92. The van der Waals surface area contributed by atoms with Crippen LogP contribution in [-0.4, -0.2) is 48.2 Å². The zero-order chi connectivity index (χ0) is 12.8. The highest BCUT2D eigenvalue weighted by Gasteiger charge is 2.66. The normalized spacial score (nSPS) is 34.4. The number of nitrogens with zero attached hydrogens (tertiary/aromatic N) is 1. The van der Waals surface area contributed by atoms with Crippen LogP contribution in [0.25, 0.3) is 0 Å². The highest BCUT2D eigenvalue weighted by atomic mass is 16.5. The van der Waals surface area contributed by atoms with Crippen molar-refractivity contribution in [1.29, 1.82) is 0 Å². The lowest BCUT2D eigenvalue weighted by atomic mass is 10.1. The average molecular weight is 241 g/mol. The second-order valence-electron chi connectivity index (χ2n) is 5.58. The van der Waals surface area contributed by atoms with Gasteiger partial charge in [-0.25, -0.2) is 0 Å². The molecular formula is C12H19NO4. The lowest BCUT2D eigenvalue weighted by Crippen LogP contribution is -2.39. The van der Waals surface area contributed by atoms with Crippen LogP contribution in [0, 0.1) is 17.3 Å². The van der Waals surface area contributed by atoms with Gasteiger partial charge in [0.25, 0.3) is 0 Å². The summed E-state index contributed by atoms with van der Waals surface area (Å²) in [5.41, 5.74) is -0.420. The van der Waals surface area contributed by atoms with Gasteiger partial charge >= 0.3 is 5.97 Å². The third-order valence-corrected chi connectivity index (χ3v) is 4.16. The van der Waals surface area contributed by atoms with E-state index in [-0.39, 0.29) is 17.9 Å². The Morgan fingerprint density at radius 1 is 1.35 bits per heavy atom. The molecule has 0 aromatic carbocycles. The minimum absolute atomic E-state index is 0.0575. The van der Waals surface area contributed by atoms with Crippen LogP contribution < -0.4 is 0 Å². The number of carbonyl (C=O) groups excluding carboxylic acids is 1. The Kier molecular flexibility index (Phi) is 2.89. The maximum atomic E-state index is 12.2. The summed E-state index contributed by atoms with van der Waals surface area (Å²) in [7, 11) is 1.75. The number of likely N-dealkylation sites (N-methyl/N-ethyl adjacent to an activating group) is 1. The first-order chi connectivity index (χ1) is 7.87. The predicted octanol–water partition coefficient (Wildman–Crippen LogP) is 0.590. The largest absolute Gasteiger partial charge is 0.481 e. The summed E-state index contributed by atoms with van der Waals surface area (Å²) < 4.78 is 5.24. The average Bonchev–Trinajstić information content (AvgIpc) is 2.69. The third-order valence-electron chi connectivity index (χ3n) is 4.16. The van der Waals surface area contributed by atoms with E-state index in [2.05, 4.69) is 0 Å². The molecule has 17 heavy (non-hydrogen) atoms. The summed E-state index contributed by atoms with van der Waals surface area (Å²) in [4.78, 5) is 24.9. The monoisotopic (exact) mass is 241 g/mol. The van der Waals surface area contributed by atoms with Crippen molar-refractivity contribution in [2.75, 3.05) is 20.3 Å². The van der Waals surface area contributed by atoms with Crippen LogP contribution in [0.15, 0.2) is 0 Å². The topological polar surface area (TPSA) is 66.8 Å². The van der Waals surface area contributed by atoms with Gasteiger partial charge in [-0.05, 0) is 11.8 Å². The fourth-order valence-corrected chi connectivity index (χ4v) is 2.79. The van der Waals surface area contributed by atoms with E-state index in [1.165, 1.54) is 0 Å². The van der Waals surface area contributed by atoms with E-state index in [0.29, 0.717) is 13.2 Å². The molecule has 1 aliphatic carbocycles. The minimum atomic E-state index is -0.871. The van der Waals surface area contributed by atoms with E-state index in [1.807, 2.05) is 13.8 Å². The number of amides is 1. The van der Waals surface area contributed by atoms with Crippen molar-refractivity contribution in [2.24, 2.45) is 17.3 Å². The molecule has 1 saturated carbocycles. The molecule has 1 amide bonds. The first-order valence-electron chi connectivity index (χ1n) is 5.94. The number of rotatable bonds is 3. The number of hydrogen-bond acceptors (Lipinski definition) is 3. The SMILES string of the molecule is CN(C(=O)C1C(C(=O)O)C1(C)C)C1CCOC1. The molecule has 3 unspecified atom stereocenters. The number of aliphatic carboxylic acids is 1. The van der Waals surface area contributed by atoms with Crippen LogP contribution in [0.5, 0.6) is 0 Å². The van der Waals surface area contributed by atoms with Crippen LogP contribution in [-0.2, 0) is 14.3 Å². The lowest BCUT2D eigenvalue weighted by Gasteiger charge is -2.23. The van der Waals surface area contributed by atoms with Crippen molar-refractivity contribution in [3.05, 3.63) is 0 Å². The zero-order valence-electron chi connectivity index (χ0n) is 10.5. The molecule has 0 radical (unpaired) electrons. The van der Waals surface area contributed by atoms with Crippen LogP contribution in [0.4, 0.5) is 0 Å². The number of carbonyl (C=O) groups is 2. The van der Waals surface area contributed by atoms with Crippen LogP contribution in [0.3, 0.4) is 0 Å². The van der Waals surface area contributed by atoms with Gasteiger partial charge in [-0.2, -0.15) is 0 Å². The number of carboxylic acids is 1. The van der Waals surface area contributed by atoms with E-state index in [4.69, 9.17) is 9.84 Å². The molecule has 0 bridgehead atoms.